The van der Waals surface area contributed by atoms with Crippen molar-refractivity contribution in [1.29, 1.82) is 0 Å². The van der Waals surface area contributed by atoms with Crippen LogP contribution in [0.25, 0.3) is 0 Å². The second-order valence-electron chi connectivity index (χ2n) is 2.32. The molecule has 0 atom stereocenters. The van der Waals surface area contributed by atoms with Gasteiger partial charge < -0.3 is 4.74 Å². The van der Waals surface area contributed by atoms with Crippen molar-refractivity contribution < 1.29 is 9.53 Å². The Hall–Kier alpha value is 0.0400. The van der Waals surface area contributed by atoms with Crippen LogP contribution in [0.3, 0.4) is 0 Å². The van der Waals surface area contributed by atoms with Crippen LogP contribution in [0.2, 0.25) is 0 Å². The first-order valence-corrected chi connectivity index (χ1v) is 5.37. The lowest BCUT2D eigenvalue weighted by molar-refractivity contribution is -0.133. The van der Waals surface area contributed by atoms with Crippen molar-refractivity contribution in [3.8, 4) is 5.75 Å². The van der Waals surface area contributed by atoms with Crippen molar-refractivity contribution in [3.05, 3.63) is 28.7 Å². The van der Waals surface area contributed by atoms with Gasteiger partial charge in [-0.1, -0.05) is 46.9 Å². The van der Waals surface area contributed by atoms with Crippen LogP contribution < -0.4 is 4.74 Å². The molecule has 0 heterocycles. The number of hydrogen-bond donors (Lipinski definition) is 0. The molecule has 14 heavy (non-hydrogen) atoms. The van der Waals surface area contributed by atoms with E-state index in [0.717, 1.165) is 0 Å². The van der Waals surface area contributed by atoms with Gasteiger partial charge in [-0.05, 0) is 28.1 Å². The molecule has 2 nitrogen and oxygen atoms in total. The van der Waals surface area contributed by atoms with Gasteiger partial charge in [0, 0.05) is 0 Å². The summed E-state index contributed by atoms with van der Waals surface area (Å²) in [6, 6.07) is 6.77. The minimum atomic E-state index is -2.06. The Morgan fingerprint density at radius 2 is 1.86 bits per heavy atom. The third-order valence-corrected chi connectivity index (χ3v) is 2.39. The molecule has 0 aliphatic rings. The summed E-state index contributed by atoms with van der Waals surface area (Å²) < 4.78 is 3.38. The minimum absolute atomic E-state index is 0.309. The summed E-state index contributed by atoms with van der Waals surface area (Å²) in [7, 11) is 0. The topological polar surface area (TPSA) is 26.3 Å². The first-order chi connectivity index (χ1) is 6.41. The summed E-state index contributed by atoms with van der Waals surface area (Å²) in [4.78, 5) is 11.1. The number of esters is 1. The van der Waals surface area contributed by atoms with Gasteiger partial charge in [0.25, 0.3) is 3.79 Å². The maximum Gasteiger partial charge on any atom is 0.363 e. The highest BCUT2D eigenvalue weighted by Gasteiger charge is 2.33. The van der Waals surface area contributed by atoms with E-state index in [1.54, 1.807) is 24.3 Å². The predicted octanol–water partition coefficient (Wildman–Crippen LogP) is 3.72. The van der Waals surface area contributed by atoms with Gasteiger partial charge in [0.15, 0.2) is 0 Å². The number of alkyl halides is 3. The molecule has 0 saturated carbocycles. The molecule has 0 fully saturated rings. The van der Waals surface area contributed by atoms with Crippen molar-refractivity contribution in [2.75, 3.05) is 0 Å². The third-order valence-electron chi connectivity index (χ3n) is 1.27. The van der Waals surface area contributed by atoms with Crippen LogP contribution in [0.4, 0.5) is 0 Å². The molecule has 0 N–H and O–H groups in total. The molecule has 0 saturated heterocycles. The number of carbonyl (C=O) groups excluding carboxylic acids is 1. The molecule has 0 radical (unpaired) electrons. The Bertz CT molecular complexity index is 349. The number of halogens is 4. The number of para-hydroxylation sites is 1. The largest absolute Gasteiger partial charge is 0.422 e. The molecule has 0 bridgehead atoms. The number of rotatable bonds is 1. The van der Waals surface area contributed by atoms with Crippen LogP contribution in [-0.4, -0.2) is 9.76 Å². The molecule has 0 aliphatic carbocycles. The van der Waals surface area contributed by atoms with E-state index in [0.29, 0.717) is 10.2 Å². The fraction of sp³-hybridized carbons (Fsp3) is 0.125. The summed E-state index contributed by atoms with van der Waals surface area (Å²) in [5, 5.41) is 0. The van der Waals surface area contributed by atoms with E-state index < -0.39 is 9.76 Å². The van der Waals surface area contributed by atoms with Crippen LogP contribution in [0.1, 0.15) is 0 Å². The zero-order chi connectivity index (χ0) is 10.8. The monoisotopic (exact) mass is 316 g/mol. The first kappa shape index (κ1) is 12.1. The van der Waals surface area contributed by atoms with Crippen molar-refractivity contribution in [1.82, 2.24) is 0 Å². The third kappa shape index (κ3) is 3.31. The second-order valence-corrected chi connectivity index (χ2v) is 5.45. The van der Waals surface area contributed by atoms with Crippen LogP contribution in [0.5, 0.6) is 5.75 Å². The number of carbonyl (C=O) groups is 1. The van der Waals surface area contributed by atoms with Crippen LogP contribution in [0.15, 0.2) is 28.7 Å². The first-order valence-electron chi connectivity index (χ1n) is 3.45. The van der Waals surface area contributed by atoms with Gasteiger partial charge in [-0.2, -0.15) is 0 Å². The van der Waals surface area contributed by atoms with Gasteiger partial charge in [0.1, 0.15) is 5.75 Å². The zero-order valence-corrected chi connectivity index (χ0v) is 10.5. The molecule has 0 amide bonds. The van der Waals surface area contributed by atoms with E-state index >= 15 is 0 Å². The molecule has 0 aliphatic heterocycles. The van der Waals surface area contributed by atoms with E-state index in [1.807, 2.05) is 0 Å². The van der Waals surface area contributed by atoms with Gasteiger partial charge in [-0.3, -0.25) is 0 Å². The average molecular weight is 318 g/mol. The molecule has 0 spiro atoms. The van der Waals surface area contributed by atoms with Crippen LogP contribution in [0, 0.1) is 0 Å². The lowest BCUT2D eigenvalue weighted by Crippen LogP contribution is -2.24. The second kappa shape index (κ2) is 4.71. The highest BCUT2D eigenvalue weighted by Crippen LogP contribution is 2.31. The van der Waals surface area contributed by atoms with Crippen molar-refractivity contribution >= 4 is 56.7 Å². The van der Waals surface area contributed by atoms with Crippen LogP contribution in [-0.2, 0) is 4.79 Å². The quantitative estimate of drug-likeness (QED) is 0.448. The van der Waals surface area contributed by atoms with Gasteiger partial charge in [-0.15, -0.1) is 0 Å². The molecule has 76 valence electrons. The van der Waals surface area contributed by atoms with Gasteiger partial charge >= 0.3 is 5.97 Å². The Morgan fingerprint density at radius 1 is 1.29 bits per heavy atom. The van der Waals surface area contributed by atoms with E-state index in [-0.39, 0.29) is 0 Å². The molecule has 6 heteroatoms. The van der Waals surface area contributed by atoms with Crippen LogP contribution >= 0.6 is 50.7 Å². The van der Waals surface area contributed by atoms with Gasteiger partial charge in [0.05, 0.1) is 4.47 Å². The van der Waals surface area contributed by atoms with Gasteiger partial charge in [0.2, 0.25) is 0 Å². The standard InChI is InChI=1S/C8H4BrCl3O2/c9-5-3-1-2-4-6(5)14-7(13)8(10,11)12/h1-4H. The average Bonchev–Trinajstić information content (AvgIpc) is 2.07. The summed E-state index contributed by atoms with van der Waals surface area (Å²) in [6.07, 6.45) is 0. The normalized spacial score (nSPS) is 11.1. The molecule has 0 aromatic heterocycles. The lowest BCUT2D eigenvalue weighted by atomic mass is 10.3. The maximum atomic E-state index is 11.1. The molecule has 0 unspecified atom stereocenters. The highest BCUT2D eigenvalue weighted by molar-refractivity contribution is 9.10. The van der Waals surface area contributed by atoms with E-state index in [1.165, 1.54) is 0 Å². The molecule has 1 rings (SSSR count). The highest BCUT2D eigenvalue weighted by atomic mass is 79.9. The number of benzene rings is 1. The summed E-state index contributed by atoms with van der Waals surface area (Å²) in [5.74, 6) is -0.627. The molecular formula is C8H4BrCl3O2. The Balaban J connectivity index is 2.80. The Labute approximate surface area is 104 Å². The fourth-order valence-electron chi connectivity index (χ4n) is 0.685. The predicted molar refractivity (Wildman–Crippen MR) is 60.1 cm³/mol. The van der Waals surface area contributed by atoms with E-state index in [9.17, 15) is 4.79 Å². The molecule has 1 aromatic rings. The van der Waals surface area contributed by atoms with Crippen molar-refractivity contribution in [3.63, 3.8) is 0 Å². The zero-order valence-electron chi connectivity index (χ0n) is 6.64. The van der Waals surface area contributed by atoms with E-state index in [2.05, 4.69) is 15.9 Å². The SMILES string of the molecule is O=C(Oc1ccccc1Br)C(Cl)(Cl)Cl. The maximum absolute atomic E-state index is 11.1. The van der Waals surface area contributed by atoms with E-state index in [4.69, 9.17) is 39.5 Å². The summed E-state index contributed by atoms with van der Waals surface area (Å²) in [5.41, 5.74) is 0. The Kier molecular flexibility index (Phi) is 4.07. The summed E-state index contributed by atoms with van der Waals surface area (Å²) >= 11 is 19.2. The van der Waals surface area contributed by atoms with Crippen molar-refractivity contribution in [2.45, 2.75) is 3.79 Å². The fourth-order valence-corrected chi connectivity index (χ4v) is 1.17. The minimum Gasteiger partial charge on any atom is -0.422 e. The Morgan fingerprint density at radius 3 is 2.36 bits per heavy atom. The van der Waals surface area contributed by atoms with Gasteiger partial charge in [-0.25, -0.2) is 4.79 Å². The lowest BCUT2D eigenvalue weighted by Gasteiger charge is -2.10. The molecular weight excluding hydrogens is 314 g/mol. The smallest absolute Gasteiger partial charge is 0.363 e. The number of hydrogen-bond acceptors (Lipinski definition) is 2. The van der Waals surface area contributed by atoms with Crippen molar-refractivity contribution in [2.24, 2.45) is 0 Å². The summed E-state index contributed by atoms with van der Waals surface area (Å²) in [6.45, 7) is 0. The molecule has 1 aromatic carbocycles. The number of ether oxygens (including phenoxy) is 1.